The van der Waals surface area contributed by atoms with E-state index in [1.165, 1.54) is 0 Å². The van der Waals surface area contributed by atoms with Gasteiger partial charge in [-0.1, -0.05) is 0 Å². The first-order valence-corrected chi connectivity index (χ1v) is 5.29. The van der Waals surface area contributed by atoms with E-state index in [-0.39, 0.29) is 0 Å². The Morgan fingerprint density at radius 2 is 1.72 bits per heavy atom. The fraction of sp³-hybridized carbons (Fsp3) is 0.273. The van der Waals surface area contributed by atoms with Crippen molar-refractivity contribution in [3.05, 3.63) is 18.2 Å². The van der Waals surface area contributed by atoms with E-state index in [2.05, 4.69) is 15.6 Å². The number of nitrogens with two attached hydrogens (primary N) is 1. The normalized spacial score (nSPS) is 10.2. The monoisotopic (exact) mass is 249 g/mol. The molecule has 0 bridgehead atoms. The van der Waals surface area contributed by atoms with E-state index >= 15 is 0 Å². The number of aromatic nitrogens is 3. The van der Waals surface area contributed by atoms with Gasteiger partial charge in [-0.25, -0.2) is 5.84 Å². The summed E-state index contributed by atoms with van der Waals surface area (Å²) in [7, 11) is 5.01. The summed E-state index contributed by atoms with van der Waals surface area (Å²) in [5.41, 5.74) is 3.31. The summed E-state index contributed by atoms with van der Waals surface area (Å²) in [6.07, 6.45) is 0. The molecule has 2 rings (SSSR count). The lowest BCUT2D eigenvalue weighted by molar-refractivity contribution is 0.394. The molecule has 0 aliphatic heterocycles. The lowest BCUT2D eigenvalue weighted by atomic mass is 10.2. The Bertz CT molecular complexity index is 530. The number of hydrogen-bond donors (Lipinski definition) is 2. The second-order valence-corrected chi connectivity index (χ2v) is 3.65. The Kier molecular flexibility index (Phi) is 3.33. The summed E-state index contributed by atoms with van der Waals surface area (Å²) in [4.78, 5) is 0. The predicted octanol–water partition coefficient (Wildman–Crippen LogP) is 0.785. The van der Waals surface area contributed by atoms with Crippen molar-refractivity contribution in [1.29, 1.82) is 0 Å². The molecular formula is C11H15N5O2. The Balaban J connectivity index is 2.52. The number of anilines is 1. The van der Waals surface area contributed by atoms with Gasteiger partial charge >= 0.3 is 0 Å². The lowest BCUT2D eigenvalue weighted by Gasteiger charge is -2.08. The molecule has 0 saturated carbocycles. The molecule has 0 amide bonds. The maximum atomic E-state index is 5.33. The van der Waals surface area contributed by atoms with Gasteiger partial charge in [-0.15, -0.1) is 10.2 Å². The molecule has 1 heterocycles. The third kappa shape index (κ3) is 2.07. The highest BCUT2D eigenvalue weighted by Gasteiger charge is 2.12. The zero-order valence-electron chi connectivity index (χ0n) is 10.5. The van der Waals surface area contributed by atoms with Crippen molar-refractivity contribution in [2.75, 3.05) is 19.6 Å². The van der Waals surface area contributed by atoms with Crippen molar-refractivity contribution >= 4 is 5.95 Å². The molecule has 0 atom stereocenters. The topological polar surface area (TPSA) is 87.2 Å². The van der Waals surface area contributed by atoms with Crippen LogP contribution < -0.4 is 20.7 Å². The molecule has 0 spiro atoms. The van der Waals surface area contributed by atoms with Crippen LogP contribution in [-0.4, -0.2) is 29.0 Å². The van der Waals surface area contributed by atoms with Gasteiger partial charge in [0.25, 0.3) is 0 Å². The van der Waals surface area contributed by atoms with Crippen LogP contribution in [0.4, 0.5) is 5.95 Å². The van der Waals surface area contributed by atoms with Crippen molar-refractivity contribution in [2.45, 2.75) is 0 Å². The minimum absolute atomic E-state index is 0.479. The molecule has 1 aromatic heterocycles. The Labute approximate surface area is 104 Å². The summed E-state index contributed by atoms with van der Waals surface area (Å²) in [6, 6.07) is 5.50. The van der Waals surface area contributed by atoms with Crippen LogP contribution in [0.15, 0.2) is 18.2 Å². The second-order valence-electron chi connectivity index (χ2n) is 3.65. The molecule has 96 valence electrons. The molecule has 1 aromatic carbocycles. The van der Waals surface area contributed by atoms with Crippen molar-refractivity contribution in [1.82, 2.24) is 14.8 Å². The molecule has 0 saturated heterocycles. The smallest absolute Gasteiger partial charge is 0.238 e. The fourth-order valence-corrected chi connectivity index (χ4v) is 1.64. The van der Waals surface area contributed by atoms with Crippen molar-refractivity contribution in [2.24, 2.45) is 12.9 Å². The molecule has 7 nitrogen and oxygen atoms in total. The average Bonchev–Trinajstić information content (AvgIpc) is 2.79. The van der Waals surface area contributed by atoms with E-state index in [9.17, 15) is 0 Å². The Hall–Kier alpha value is -2.28. The Morgan fingerprint density at radius 1 is 1.11 bits per heavy atom. The van der Waals surface area contributed by atoms with Crippen LogP contribution in [0.5, 0.6) is 11.5 Å². The summed E-state index contributed by atoms with van der Waals surface area (Å²) in [6.45, 7) is 0. The fourth-order valence-electron chi connectivity index (χ4n) is 1.64. The molecule has 0 unspecified atom stereocenters. The third-order valence-corrected chi connectivity index (χ3v) is 2.61. The maximum absolute atomic E-state index is 5.33. The van der Waals surface area contributed by atoms with Crippen LogP contribution in [0, 0.1) is 0 Å². The number of nitrogens with zero attached hydrogens (tertiary/aromatic N) is 3. The highest BCUT2D eigenvalue weighted by molar-refractivity contribution is 5.62. The number of rotatable bonds is 4. The van der Waals surface area contributed by atoms with Crippen LogP contribution in [0.25, 0.3) is 11.4 Å². The Morgan fingerprint density at radius 3 is 2.17 bits per heavy atom. The molecule has 0 fully saturated rings. The molecule has 3 N–H and O–H groups in total. The summed E-state index contributed by atoms with van der Waals surface area (Å²) in [5.74, 6) is 7.86. The highest BCUT2D eigenvalue weighted by Crippen LogP contribution is 2.29. The van der Waals surface area contributed by atoms with Gasteiger partial charge in [0.1, 0.15) is 11.5 Å². The van der Waals surface area contributed by atoms with Gasteiger partial charge in [-0.3, -0.25) is 9.99 Å². The van der Waals surface area contributed by atoms with E-state index < -0.39 is 0 Å². The minimum Gasteiger partial charge on any atom is -0.497 e. The zero-order valence-corrected chi connectivity index (χ0v) is 10.5. The number of benzene rings is 1. The highest BCUT2D eigenvalue weighted by atomic mass is 16.5. The first-order valence-electron chi connectivity index (χ1n) is 5.29. The first-order chi connectivity index (χ1) is 8.69. The van der Waals surface area contributed by atoms with Crippen LogP contribution >= 0.6 is 0 Å². The number of hydrazine groups is 1. The summed E-state index contributed by atoms with van der Waals surface area (Å²) in [5, 5.41) is 7.98. The van der Waals surface area contributed by atoms with Crippen LogP contribution in [0.1, 0.15) is 0 Å². The van der Waals surface area contributed by atoms with Gasteiger partial charge in [0.15, 0.2) is 5.82 Å². The zero-order chi connectivity index (χ0) is 13.1. The number of methoxy groups -OCH3 is 2. The van der Waals surface area contributed by atoms with Crippen LogP contribution in [-0.2, 0) is 7.05 Å². The van der Waals surface area contributed by atoms with E-state index in [1.54, 1.807) is 24.9 Å². The van der Waals surface area contributed by atoms with Gasteiger partial charge in [0.2, 0.25) is 5.95 Å². The molecular weight excluding hydrogens is 234 g/mol. The van der Waals surface area contributed by atoms with Gasteiger partial charge in [0.05, 0.1) is 14.2 Å². The van der Waals surface area contributed by atoms with E-state index in [1.807, 2.05) is 19.2 Å². The largest absolute Gasteiger partial charge is 0.497 e. The molecule has 7 heteroatoms. The van der Waals surface area contributed by atoms with Gasteiger partial charge < -0.3 is 9.47 Å². The average molecular weight is 249 g/mol. The molecule has 0 radical (unpaired) electrons. The molecule has 18 heavy (non-hydrogen) atoms. The lowest BCUT2D eigenvalue weighted by Crippen LogP contribution is -2.11. The van der Waals surface area contributed by atoms with Gasteiger partial charge in [0, 0.05) is 18.7 Å². The summed E-state index contributed by atoms with van der Waals surface area (Å²) >= 11 is 0. The van der Waals surface area contributed by atoms with E-state index in [4.69, 9.17) is 15.3 Å². The van der Waals surface area contributed by atoms with Crippen molar-refractivity contribution in [3.8, 4) is 22.9 Å². The minimum atomic E-state index is 0.479. The van der Waals surface area contributed by atoms with Crippen LogP contribution in [0.3, 0.4) is 0 Å². The van der Waals surface area contributed by atoms with E-state index in [0.717, 1.165) is 5.56 Å². The van der Waals surface area contributed by atoms with Gasteiger partial charge in [-0.05, 0) is 12.1 Å². The standard InChI is InChI=1S/C11H15N5O2/c1-16-10(14-15-11(16)13-12)7-4-8(17-2)6-9(5-7)18-3/h4-6H,12H2,1-3H3,(H,13,15). The first kappa shape index (κ1) is 12.2. The molecule has 0 aliphatic rings. The van der Waals surface area contributed by atoms with E-state index in [0.29, 0.717) is 23.3 Å². The number of hydrogen-bond acceptors (Lipinski definition) is 6. The SMILES string of the molecule is COc1cc(OC)cc(-c2nnc(NN)n2C)c1. The quantitative estimate of drug-likeness (QED) is 0.615. The van der Waals surface area contributed by atoms with Crippen LogP contribution in [0.2, 0.25) is 0 Å². The predicted molar refractivity (Wildman–Crippen MR) is 67.4 cm³/mol. The third-order valence-electron chi connectivity index (χ3n) is 2.61. The molecule has 0 aliphatic carbocycles. The van der Waals surface area contributed by atoms with Gasteiger partial charge in [-0.2, -0.15) is 0 Å². The maximum Gasteiger partial charge on any atom is 0.238 e. The van der Waals surface area contributed by atoms with Crippen molar-refractivity contribution < 1.29 is 9.47 Å². The summed E-state index contributed by atoms with van der Waals surface area (Å²) < 4.78 is 12.2. The number of nitrogen functional groups attached to an aromatic ring is 1. The number of nitrogens with one attached hydrogen (secondary N) is 1. The molecule has 2 aromatic rings. The number of ether oxygens (including phenoxy) is 2. The second kappa shape index (κ2) is 4.92. The van der Waals surface area contributed by atoms with Crippen molar-refractivity contribution in [3.63, 3.8) is 0 Å².